The van der Waals surface area contributed by atoms with Crippen molar-refractivity contribution in [3.05, 3.63) is 41.0 Å². The first-order valence-corrected chi connectivity index (χ1v) is 7.95. The van der Waals surface area contributed by atoms with E-state index in [0.29, 0.717) is 16.3 Å². The lowest BCUT2D eigenvalue weighted by molar-refractivity contribution is 0.603. The molecule has 19 heavy (non-hydrogen) atoms. The molecule has 0 fully saturated rings. The highest BCUT2D eigenvalue weighted by Gasteiger charge is 2.18. The summed E-state index contributed by atoms with van der Waals surface area (Å²) in [6.07, 6.45) is 1.33. The largest absolute Gasteiger partial charge is 0.389 e. The van der Waals surface area contributed by atoms with Crippen molar-refractivity contribution in [1.82, 2.24) is 4.98 Å². The minimum atomic E-state index is -3.66. The summed E-state index contributed by atoms with van der Waals surface area (Å²) in [5.41, 5.74) is 6.41. The number of nitrogens with two attached hydrogens (primary N) is 1. The average Bonchev–Trinajstić information content (AvgIpc) is 2.76. The summed E-state index contributed by atoms with van der Waals surface area (Å²) in [5, 5.41) is 0.683. The lowest BCUT2D eigenvalue weighted by Gasteiger charge is -2.10. The van der Waals surface area contributed by atoms with Crippen molar-refractivity contribution < 1.29 is 8.42 Å². The summed E-state index contributed by atoms with van der Waals surface area (Å²) >= 11 is 6.00. The van der Waals surface area contributed by atoms with Crippen LogP contribution in [-0.2, 0) is 10.0 Å². The van der Waals surface area contributed by atoms with Gasteiger partial charge in [-0.05, 0) is 19.1 Å². The summed E-state index contributed by atoms with van der Waals surface area (Å²) in [4.78, 5) is 4.07. The van der Waals surface area contributed by atoms with Crippen LogP contribution in [0, 0.1) is 6.92 Å². The Labute approximate surface area is 120 Å². The van der Waals surface area contributed by atoms with Crippen molar-refractivity contribution >= 4 is 44.3 Å². The summed E-state index contributed by atoms with van der Waals surface area (Å²) in [7, 11) is -3.66. The van der Waals surface area contributed by atoms with Crippen LogP contribution in [0.15, 0.2) is 34.7 Å². The number of thiazole rings is 1. The maximum atomic E-state index is 12.2. The fourth-order valence-electron chi connectivity index (χ4n) is 1.45. The molecular weight excluding hydrogens is 302 g/mol. The quantitative estimate of drug-likeness (QED) is 0.842. The van der Waals surface area contributed by atoms with Gasteiger partial charge in [0, 0.05) is 5.56 Å². The average molecular weight is 313 g/mol. The number of rotatable bonds is 4. The lowest BCUT2D eigenvalue weighted by atomic mass is 10.2. The van der Waals surface area contributed by atoms with E-state index in [4.69, 9.17) is 18.0 Å². The number of hydrogen-bond donors (Lipinski definition) is 2. The molecule has 0 saturated heterocycles. The Morgan fingerprint density at radius 2 is 2.11 bits per heavy atom. The number of anilines is 1. The normalized spacial score (nSPS) is 11.2. The Hall–Kier alpha value is -1.51. The van der Waals surface area contributed by atoms with E-state index in [1.54, 1.807) is 31.2 Å². The van der Waals surface area contributed by atoms with Gasteiger partial charge in [-0.15, -0.1) is 11.3 Å². The van der Waals surface area contributed by atoms with Crippen molar-refractivity contribution in [3.8, 4) is 0 Å². The third-order valence-corrected chi connectivity index (χ3v) is 5.26. The van der Waals surface area contributed by atoms with E-state index < -0.39 is 10.0 Å². The second-order valence-electron chi connectivity index (χ2n) is 3.71. The smallest absolute Gasteiger partial charge is 0.273 e. The molecule has 3 N–H and O–H groups in total. The zero-order valence-electron chi connectivity index (χ0n) is 9.95. The molecule has 1 heterocycles. The van der Waals surface area contributed by atoms with Crippen molar-refractivity contribution in [2.45, 2.75) is 11.1 Å². The maximum Gasteiger partial charge on any atom is 0.273 e. The molecule has 1 aromatic heterocycles. The Morgan fingerprint density at radius 3 is 2.68 bits per heavy atom. The number of hydrogen-bond acceptors (Lipinski definition) is 5. The minimum absolute atomic E-state index is 0.138. The molecule has 0 aliphatic carbocycles. The van der Waals surface area contributed by atoms with Gasteiger partial charge in [-0.3, -0.25) is 4.72 Å². The van der Waals surface area contributed by atoms with E-state index in [1.807, 2.05) is 0 Å². The van der Waals surface area contributed by atoms with E-state index in [9.17, 15) is 8.42 Å². The summed E-state index contributed by atoms with van der Waals surface area (Å²) in [5.74, 6) is 0. The fourth-order valence-corrected chi connectivity index (χ4v) is 3.81. The van der Waals surface area contributed by atoms with Crippen molar-refractivity contribution in [1.29, 1.82) is 0 Å². The molecule has 0 amide bonds. The van der Waals surface area contributed by atoms with Gasteiger partial charge in [0.2, 0.25) is 0 Å². The second-order valence-corrected chi connectivity index (χ2v) is 7.30. The van der Waals surface area contributed by atoms with E-state index in [0.717, 1.165) is 11.3 Å². The molecule has 0 radical (unpaired) electrons. The number of sulfonamides is 1. The number of nitrogens with one attached hydrogen (secondary N) is 1. The van der Waals surface area contributed by atoms with Gasteiger partial charge in [-0.25, -0.2) is 13.4 Å². The first-order chi connectivity index (χ1) is 8.90. The molecule has 2 rings (SSSR count). The predicted octanol–water partition coefficient (Wildman–Crippen LogP) is 1.89. The van der Waals surface area contributed by atoms with Gasteiger partial charge in [0.1, 0.15) is 4.99 Å². The second kappa shape index (κ2) is 5.24. The molecule has 1 aromatic carbocycles. The summed E-state index contributed by atoms with van der Waals surface area (Å²) in [6.45, 7) is 1.74. The number of aromatic nitrogens is 1. The van der Waals surface area contributed by atoms with E-state index in [2.05, 4.69) is 9.71 Å². The standard InChI is InChI=1S/C11H11N3O2S3/c1-7-13-6-10(18-7)19(15,16)14-9-5-3-2-4-8(9)11(12)17/h2-6,14H,1H3,(H2,12,17). The Morgan fingerprint density at radius 1 is 1.42 bits per heavy atom. The van der Waals surface area contributed by atoms with Gasteiger partial charge in [-0.2, -0.15) is 0 Å². The van der Waals surface area contributed by atoms with Crippen LogP contribution in [0.25, 0.3) is 0 Å². The lowest BCUT2D eigenvalue weighted by Crippen LogP contribution is -2.17. The van der Waals surface area contributed by atoms with Crippen LogP contribution in [-0.4, -0.2) is 18.4 Å². The van der Waals surface area contributed by atoms with E-state index in [-0.39, 0.29) is 9.20 Å². The van der Waals surface area contributed by atoms with Crippen LogP contribution in [0.5, 0.6) is 0 Å². The van der Waals surface area contributed by atoms with Crippen LogP contribution >= 0.6 is 23.6 Å². The first kappa shape index (κ1) is 13.9. The maximum absolute atomic E-state index is 12.2. The number of para-hydroxylation sites is 1. The molecule has 0 atom stereocenters. The van der Waals surface area contributed by atoms with Gasteiger partial charge in [0.25, 0.3) is 10.0 Å². The zero-order chi connectivity index (χ0) is 14.0. The predicted molar refractivity (Wildman–Crippen MR) is 80.0 cm³/mol. The van der Waals surface area contributed by atoms with Crippen LogP contribution in [0.1, 0.15) is 10.6 Å². The Kier molecular flexibility index (Phi) is 3.83. The van der Waals surface area contributed by atoms with Gasteiger partial charge >= 0.3 is 0 Å². The van der Waals surface area contributed by atoms with Crippen LogP contribution in [0.3, 0.4) is 0 Å². The number of aryl methyl sites for hydroxylation is 1. The van der Waals surface area contributed by atoms with Gasteiger partial charge in [0.05, 0.1) is 16.9 Å². The van der Waals surface area contributed by atoms with E-state index in [1.165, 1.54) is 6.20 Å². The summed E-state index contributed by atoms with van der Waals surface area (Å²) in [6, 6.07) is 6.72. The first-order valence-electron chi connectivity index (χ1n) is 5.24. The summed E-state index contributed by atoms with van der Waals surface area (Å²) < 4.78 is 27.0. The highest BCUT2D eigenvalue weighted by molar-refractivity contribution is 7.94. The molecule has 2 aromatic rings. The SMILES string of the molecule is Cc1ncc(S(=O)(=O)Nc2ccccc2C(N)=S)s1. The molecular formula is C11H11N3O2S3. The van der Waals surface area contributed by atoms with Crippen molar-refractivity contribution in [2.24, 2.45) is 5.73 Å². The van der Waals surface area contributed by atoms with Crippen molar-refractivity contribution in [2.75, 3.05) is 4.72 Å². The molecule has 100 valence electrons. The number of nitrogens with zero attached hydrogens (tertiary/aromatic N) is 1. The van der Waals surface area contributed by atoms with Crippen LogP contribution in [0.2, 0.25) is 0 Å². The molecule has 0 saturated carbocycles. The highest BCUT2D eigenvalue weighted by Crippen LogP contribution is 2.23. The Balaban J connectivity index is 2.39. The fraction of sp³-hybridized carbons (Fsp3) is 0.0909. The molecule has 0 unspecified atom stereocenters. The molecule has 0 aliphatic rings. The Bertz CT molecular complexity index is 722. The topological polar surface area (TPSA) is 85.1 Å². The molecule has 8 heteroatoms. The number of thiocarbonyl (C=S) groups is 1. The molecule has 5 nitrogen and oxygen atoms in total. The van der Waals surface area contributed by atoms with Gasteiger partial charge in [0.15, 0.2) is 4.21 Å². The van der Waals surface area contributed by atoms with Crippen LogP contribution in [0.4, 0.5) is 5.69 Å². The highest BCUT2D eigenvalue weighted by atomic mass is 32.2. The van der Waals surface area contributed by atoms with Crippen molar-refractivity contribution in [3.63, 3.8) is 0 Å². The molecule has 0 aliphatic heterocycles. The van der Waals surface area contributed by atoms with Gasteiger partial charge in [-0.1, -0.05) is 24.4 Å². The third-order valence-electron chi connectivity index (χ3n) is 2.30. The van der Waals surface area contributed by atoms with E-state index >= 15 is 0 Å². The zero-order valence-corrected chi connectivity index (χ0v) is 12.4. The van der Waals surface area contributed by atoms with Gasteiger partial charge < -0.3 is 5.73 Å². The minimum Gasteiger partial charge on any atom is -0.389 e. The number of benzene rings is 1. The monoisotopic (exact) mass is 313 g/mol. The molecule has 0 bridgehead atoms. The molecule has 0 spiro atoms. The van der Waals surface area contributed by atoms with Crippen LogP contribution < -0.4 is 10.5 Å². The third kappa shape index (κ3) is 3.09.